The van der Waals surface area contributed by atoms with Crippen LogP contribution in [0.4, 0.5) is 5.82 Å². The Bertz CT molecular complexity index is 1180. The van der Waals surface area contributed by atoms with Gasteiger partial charge in [0.15, 0.2) is 0 Å². The maximum Gasteiger partial charge on any atom is 0.267 e. The van der Waals surface area contributed by atoms with Crippen molar-refractivity contribution in [2.75, 3.05) is 11.9 Å². The van der Waals surface area contributed by atoms with Crippen LogP contribution in [0.5, 0.6) is 0 Å². The molecule has 1 N–H and O–H groups in total. The number of aromatic nitrogens is 2. The van der Waals surface area contributed by atoms with Gasteiger partial charge in [-0.05, 0) is 62.7 Å². The van der Waals surface area contributed by atoms with E-state index in [4.69, 9.17) is 17.2 Å². The summed E-state index contributed by atoms with van der Waals surface area (Å²) in [5, 5.41) is 3.55. The van der Waals surface area contributed by atoms with Crippen LogP contribution in [0.15, 0.2) is 28.0 Å². The molecule has 0 unspecified atom stereocenters. The van der Waals surface area contributed by atoms with Crippen LogP contribution in [0.2, 0.25) is 0 Å². The van der Waals surface area contributed by atoms with Crippen molar-refractivity contribution in [3.8, 4) is 0 Å². The lowest BCUT2D eigenvalue weighted by Crippen LogP contribution is -2.30. The highest BCUT2D eigenvalue weighted by Gasteiger charge is 2.32. The molecule has 0 atom stereocenters. The van der Waals surface area contributed by atoms with Crippen molar-refractivity contribution in [3.63, 3.8) is 0 Å². The third-order valence-corrected chi connectivity index (χ3v) is 8.37. The zero-order valence-corrected chi connectivity index (χ0v) is 22.6. The number of rotatable bonds is 9. The molecule has 35 heavy (non-hydrogen) atoms. The summed E-state index contributed by atoms with van der Waals surface area (Å²) in [5.74, 6) is 1.18. The van der Waals surface area contributed by atoms with E-state index in [0.29, 0.717) is 32.8 Å². The highest BCUT2D eigenvalue weighted by atomic mass is 32.2. The Balaban J connectivity index is 1.63. The monoisotopic (exact) mass is 512 g/mol. The molecule has 2 fully saturated rings. The minimum absolute atomic E-state index is 0.110. The van der Waals surface area contributed by atoms with Gasteiger partial charge in [0.2, 0.25) is 0 Å². The molecule has 0 spiro atoms. The van der Waals surface area contributed by atoms with Gasteiger partial charge in [-0.3, -0.25) is 18.9 Å². The van der Waals surface area contributed by atoms with Crippen LogP contribution in [-0.2, 0) is 4.79 Å². The van der Waals surface area contributed by atoms with Crippen LogP contribution in [0, 0.1) is 12.8 Å². The van der Waals surface area contributed by atoms with Crippen LogP contribution in [0.1, 0.15) is 82.8 Å². The first-order chi connectivity index (χ1) is 16.9. The van der Waals surface area contributed by atoms with Crippen LogP contribution < -0.4 is 10.9 Å². The Morgan fingerprint density at radius 1 is 1.14 bits per heavy atom. The lowest BCUT2D eigenvalue weighted by molar-refractivity contribution is -0.122. The summed E-state index contributed by atoms with van der Waals surface area (Å²) in [6.07, 6.45) is 13.5. The number of hydrogen-bond donors (Lipinski definition) is 1. The van der Waals surface area contributed by atoms with Gasteiger partial charge in [-0.1, -0.05) is 69.6 Å². The normalized spacial score (nSPS) is 21.9. The van der Waals surface area contributed by atoms with Crippen molar-refractivity contribution in [1.29, 1.82) is 0 Å². The number of hydrogen-bond acceptors (Lipinski definition) is 6. The van der Waals surface area contributed by atoms with Crippen molar-refractivity contribution >= 4 is 51.7 Å². The van der Waals surface area contributed by atoms with Crippen molar-refractivity contribution in [2.24, 2.45) is 5.92 Å². The Morgan fingerprint density at radius 3 is 2.63 bits per heavy atom. The summed E-state index contributed by atoms with van der Waals surface area (Å²) in [4.78, 5) is 33.8. The quantitative estimate of drug-likeness (QED) is 0.246. The number of nitrogens with one attached hydrogen (secondary N) is 1. The molecule has 4 rings (SSSR count). The van der Waals surface area contributed by atoms with Crippen molar-refractivity contribution in [3.05, 3.63) is 44.7 Å². The van der Waals surface area contributed by atoms with E-state index in [1.54, 1.807) is 21.6 Å². The smallest absolute Gasteiger partial charge is 0.267 e. The summed E-state index contributed by atoms with van der Waals surface area (Å²) in [7, 11) is 0. The Morgan fingerprint density at radius 2 is 1.89 bits per heavy atom. The predicted molar refractivity (Wildman–Crippen MR) is 150 cm³/mol. The Kier molecular flexibility index (Phi) is 8.65. The number of amides is 1. The average Bonchev–Trinajstić information content (AvgIpc) is 3.10. The van der Waals surface area contributed by atoms with Gasteiger partial charge < -0.3 is 5.32 Å². The number of thioether (sulfide) groups is 1. The van der Waals surface area contributed by atoms with E-state index in [1.165, 1.54) is 31.0 Å². The minimum atomic E-state index is -0.171. The maximum atomic E-state index is 13.6. The van der Waals surface area contributed by atoms with Gasteiger partial charge in [0.05, 0.1) is 10.5 Å². The van der Waals surface area contributed by atoms with Gasteiger partial charge >= 0.3 is 0 Å². The fourth-order valence-electron chi connectivity index (χ4n) is 4.79. The van der Waals surface area contributed by atoms with Gasteiger partial charge in [0, 0.05) is 18.8 Å². The zero-order valence-electron chi connectivity index (χ0n) is 21.0. The number of thiocarbonyl (C=S) groups is 1. The first-order valence-electron chi connectivity index (χ1n) is 12.9. The Hall–Kier alpha value is -2.19. The molecule has 3 heterocycles. The second-order valence-electron chi connectivity index (χ2n) is 9.96. The predicted octanol–water partition coefficient (Wildman–Crippen LogP) is 6.17. The second-order valence-corrected chi connectivity index (χ2v) is 11.6. The number of anilines is 1. The molecular formula is C27H36N4O2S2. The van der Waals surface area contributed by atoms with E-state index in [1.807, 2.05) is 19.1 Å². The first kappa shape index (κ1) is 25.9. The Labute approximate surface area is 217 Å². The molecule has 6 nitrogen and oxygen atoms in total. The number of fused-ring (bicyclic) bond motifs is 1. The first-order valence-corrected chi connectivity index (χ1v) is 14.1. The third-order valence-electron chi connectivity index (χ3n) is 7.00. The maximum absolute atomic E-state index is 13.6. The van der Waals surface area contributed by atoms with Crippen molar-refractivity contribution < 1.29 is 4.79 Å². The van der Waals surface area contributed by atoms with Crippen LogP contribution in [0.3, 0.4) is 0 Å². The molecule has 1 saturated heterocycles. The molecule has 1 aliphatic carbocycles. The number of pyridine rings is 1. The van der Waals surface area contributed by atoms with Gasteiger partial charge in [-0.25, -0.2) is 4.98 Å². The lowest BCUT2D eigenvalue weighted by Gasteiger charge is -2.27. The highest BCUT2D eigenvalue weighted by Crippen LogP contribution is 2.34. The van der Waals surface area contributed by atoms with Gasteiger partial charge in [-0.2, -0.15) is 0 Å². The molecule has 1 saturated carbocycles. The summed E-state index contributed by atoms with van der Waals surface area (Å²) >= 11 is 6.81. The summed E-state index contributed by atoms with van der Waals surface area (Å²) < 4.78 is 2.14. The average molecular weight is 513 g/mol. The molecule has 1 amide bonds. The van der Waals surface area contributed by atoms with E-state index in [9.17, 15) is 9.59 Å². The van der Waals surface area contributed by atoms with E-state index in [-0.39, 0.29) is 17.5 Å². The molecule has 8 heteroatoms. The van der Waals surface area contributed by atoms with E-state index in [2.05, 4.69) is 19.2 Å². The number of carbonyl (C=O) groups excluding carboxylic acids is 1. The van der Waals surface area contributed by atoms with Gasteiger partial charge in [-0.15, -0.1) is 0 Å². The number of carbonyl (C=O) groups is 1. The molecule has 2 aromatic rings. The third kappa shape index (κ3) is 6.15. The fourth-order valence-corrected chi connectivity index (χ4v) is 6.08. The van der Waals surface area contributed by atoms with E-state index < -0.39 is 0 Å². The minimum Gasteiger partial charge on any atom is -0.367 e. The largest absolute Gasteiger partial charge is 0.367 e. The molecule has 2 aliphatic rings. The summed E-state index contributed by atoms with van der Waals surface area (Å²) in [6, 6.07) is 4.10. The second kappa shape index (κ2) is 11.7. The number of nitrogens with zero attached hydrogens (tertiary/aromatic N) is 3. The van der Waals surface area contributed by atoms with Gasteiger partial charge in [0.1, 0.15) is 15.8 Å². The fraction of sp³-hybridized carbons (Fsp3) is 0.556. The standard InChI is InChI=1S/C27H36N4O2S2/c1-4-5-6-7-8-15-30-26(33)22(35-27(30)34)16-21-24(28-20-12-9-18(2)10-13-20)29-23-14-11-19(3)17-31(23)25(21)32/h11,14,16-18,20,28H,4-10,12-13,15H2,1-3H3/b22-16+. The molecule has 188 valence electrons. The summed E-state index contributed by atoms with van der Waals surface area (Å²) in [6.45, 7) is 7.06. The van der Waals surface area contributed by atoms with Crippen LogP contribution >= 0.6 is 24.0 Å². The summed E-state index contributed by atoms with van der Waals surface area (Å²) in [5.41, 5.74) is 1.83. The molecular weight excluding hydrogens is 476 g/mol. The van der Waals surface area contributed by atoms with Crippen molar-refractivity contribution in [1.82, 2.24) is 14.3 Å². The van der Waals surface area contributed by atoms with Crippen LogP contribution in [-0.4, -0.2) is 37.1 Å². The molecule has 0 aromatic carbocycles. The molecule has 0 radical (unpaired) electrons. The highest BCUT2D eigenvalue weighted by molar-refractivity contribution is 8.26. The molecule has 2 aromatic heterocycles. The van der Waals surface area contributed by atoms with E-state index in [0.717, 1.165) is 50.0 Å². The molecule has 0 bridgehead atoms. The van der Waals surface area contributed by atoms with Crippen LogP contribution in [0.25, 0.3) is 11.7 Å². The number of aryl methyl sites for hydroxylation is 1. The van der Waals surface area contributed by atoms with E-state index >= 15 is 0 Å². The SMILES string of the molecule is CCCCCCCN1C(=O)/C(=C\c2c(NC3CCC(C)CC3)nc3ccc(C)cn3c2=O)SC1=S. The van der Waals surface area contributed by atoms with Crippen molar-refractivity contribution in [2.45, 2.75) is 84.6 Å². The number of unbranched alkanes of at least 4 members (excludes halogenated alkanes) is 4. The topological polar surface area (TPSA) is 66.7 Å². The lowest BCUT2D eigenvalue weighted by atomic mass is 9.87. The van der Waals surface area contributed by atoms with Gasteiger partial charge in [0.25, 0.3) is 11.5 Å². The zero-order chi connectivity index (χ0) is 24.9. The molecule has 1 aliphatic heterocycles.